The molecule has 0 N–H and O–H groups in total. The van der Waals surface area contributed by atoms with E-state index in [1.165, 1.54) is 96.3 Å². The smallest absolute Gasteiger partial charge is 0.329 e. The van der Waals surface area contributed by atoms with Crippen LogP contribution in [0.15, 0.2) is 0 Å². The number of nitrogens with zero attached hydrogens (tertiary/aromatic N) is 1. The first-order chi connectivity index (χ1) is 13.0. The van der Waals surface area contributed by atoms with Gasteiger partial charge in [0.25, 0.3) is 0 Å². The largest absolute Gasteiger partial charge is 0.508 e. The molecule has 0 saturated heterocycles. The highest BCUT2D eigenvalue weighted by atomic mass is 31.1. The molecule has 0 spiro atoms. The molecule has 0 saturated carbocycles. The molecule has 1 unspecified atom stereocenters. The summed E-state index contributed by atoms with van der Waals surface area (Å²) in [7, 11) is 4.96. The summed E-state index contributed by atoms with van der Waals surface area (Å²) in [6.07, 6.45) is 22.7. The van der Waals surface area contributed by atoms with Gasteiger partial charge in [-0.3, -0.25) is 0 Å². The molecule has 0 aliphatic heterocycles. The van der Waals surface area contributed by atoms with Crippen LogP contribution in [0, 0.1) is 0 Å². The van der Waals surface area contributed by atoms with Crippen molar-refractivity contribution in [3.8, 4) is 0 Å². The van der Waals surface area contributed by atoms with E-state index in [4.69, 9.17) is 4.52 Å². The van der Waals surface area contributed by atoms with Crippen molar-refractivity contribution < 1.29 is 13.6 Å². The van der Waals surface area contributed by atoms with E-state index in [2.05, 4.69) is 28.1 Å². The van der Waals surface area contributed by atoms with Crippen LogP contribution >= 0.6 is 8.03 Å². The molecular formula is C23H50NO2P+2. The Morgan fingerprint density at radius 1 is 0.630 bits per heavy atom. The molecule has 0 aromatic carbocycles. The lowest BCUT2D eigenvalue weighted by molar-refractivity contribution is -0.870. The standard InChI is InChI=1S/C23H50NO2P/c1-5-6-7-8-9-10-11-12-13-14-15-16-17-18-19-20-23-27(25)26-22-21-24(2,3)4/h5-23H2,1-4H3/q+2. The summed E-state index contributed by atoms with van der Waals surface area (Å²) >= 11 is 0. The monoisotopic (exact) mass is 403 g/mol. The molecule has 162 valence electrons. The number of hydrogen-bond acceptors (Lipinski definition) is 2. The number of unbranched alkanes of at least 4 members (excludes halogenated alkanes) is 15. The van der Waals surface area contributed by atoms with E-state index >= 15 is 0 Å². The Labute approximate surface area is 172 Å². The van der Waals surface area contributed by atoms with Crippen LogP contribution < -0.4 is 0 Å². The molecule has 1 atom stereocenters. The van der Waals surface area contributed by atoms with Crippen molar-refractivity contribution in [2.75, 3.05) is 40.5 Å². The van der Waals surface area contributed by atoms with E-state index < -0.39 is 8.03 Å². The van der Waals surface area contributed by atoms with E-state index in [9.17, 15) is 4.57 Å². The molecule has 0 aliphatic carbocycles. The average molecular weight is 404 g/mol. The second kappa shape index (κ2) is 19.3. The van der Waals surface area contributed by atoms with Crippen molar-refractivity contribution in [2.45, 2.75) is 110 Å². The maximum Gasteiger partial charge on any atom is 0.508 e. The van der Waals surface area contributed by atoms with E-state index in [-0.39, 0.29) is 0 Å². The summed E-state index contributed by atoms with van der Waals surface area (Å²) in [5.41, 5.74) is 0. The van der Waals surface area contributed by atoms with Gasteiger partial charge in [0.05, 0.1) is 21.1 Å². The predicted octanol–water partition coefficient (Wildman–Crippen LogP) is 7.71. The van der Waals surface area contributed by atoms with Crippen LogP contribution in [0.1, 0.15) is 110 Å². The molecule has 0 aliphatic rings. The minimum atomic E-state index is -1.44. The van der Waals surface area contributed by atoms with Crippen LogP contribution in [0.5, 0.6) is 0 Å². The highest BCUT2D eigenvalue weighted by Crippen LogP contribution is 2.24. The van der Waals surface area contributed by atoms with Gasteiger partial charge in [-0.15, -0.1) is 4.52 Å². The van der Waals surface area contributed by atoms with Crippen LogP contribution in [0.2, 0.25) is 0 Å². The van der Waals surface area contributed by atoms with Crippen molar-refractivity contribution in [2.24, 2.45) is 0 Å². The highest BCUT2D eigenvalue weighted by Gasteiger charge is 2.18. The lowest BCUT2D eigenvalue weighted by atomic mass is 10.0. The van der Waals surface area contributed by atoms with Gasteiger partial charge in [-0.1, -0.05) is 96.8 Å². The topological polar surface area (TPSA) is 26.3 Å². The summed E-state index contributed by atoms with van der Waals surface area (Å²) < 4.78 is 18.1. The van der Waals surface area contributed by atoms with E-state index in [0.717, 1.165) is 23.6 Å². The molecule has 0 aromatic heterocycles. The van der Waals surface area contributed by atoms with Gasteiger partial charge < -0.3 is 4.48 Å². The summed E-state index contributed by atoms with van der Waals surface area (Å²) in [6.45, 7) is 3.81. The molecule has 4 heteroatoms. The summed E-state index contributed by atoms with van der Waals surface area (Å²) in [5, 5.41) is 0. The minimum absolute atomic E-state index is 0.609. The molecular weight excluding hydrogens is 353 g/mol. The zero-order valence-electron chi connectivity index (χ0n) is 19.1. The second-order valence-electron chi connectivity index (χ2n) is 9.21. The van der Waals surface area contributed by atoms with E-state index in [1.807, 2.05) is 0 Å². The predicted molar refractivity (Wildman–Crippen MR) is 121 cm³/mol. The molecule has 0 heterocycles. The van der Waals surface area contributed by atoms with Crippen molar-refractivity contribution in [3.05, 3.63) is 0 Å². The van der Waals surface area contributed by atoms with Gasteiger partial charge in [0.1, 0.15) is 6.54 Å². The van der Waals surface area contributed by atoms with E-state index in [1.54, 1.807) is 0 Å². The maximum atomic E-state index is 11.8. The first-order valence-electron chi connectivity index (χ1n) is 11.8. The number of quaternary nitrogens is 1. The molecule has 0 radical (unpaired) electrons. The summed E-state index contributed by atoms with van der Waals surface area (Å²) in [6, 6.07) is 0. The number of rotatable bonds is 21. The molecule has 0 aromatic rings. The van der Waals surface area contributed by atoms with Gasteiger partial charge in [-0.2, -0.15) is 0 Å². The van der Waals surface area contributed by atoms with Crippen LogP contribution in [0.3, 0.4) is 0 Å². The average Bonchev–Trinajstić information content (AvgIpc) is 2.60. The second-order valence-corrected chi connectivity index (χ2v) is 10.6. The fourth-order valence-electron chi connectivity index (χ4n) is 3.27. The normalized spacial score (nSPS) is 12.5. The van der Waals surface area contributed by atoms with Gasteiger partial charge in [-0.25, -0.2) is 0 Å². The first-order valence-corrected chi connectivity index (χ1v) is 13.2. The Morgan fingerprint density at radius 3 is 1.37 bits per heavy atom. The zero-order chi connectivity index (χ0) is 20.2. The third kappa shape index (κ3) is 24.0. The van der Waals surface area contributed by atoms with Crippen molar-refractivity contribution in [1.29, 1.82) is 0 Å². The highest BCUT2D eigenvalue weighted by molar-refractivity contribution is 7.39. The Hall–Kier alpha value is 0.0200. The van der Waals surface area contributed by atoms with Crippen molar-refractivity contribution in [3.63, 3.8) is 0 Å². The van der Waals surface area contributed by atoms with Crippen molar-refractivity contribution >= 4 is 8.03 Å². The zero-order valence-corrected chi connectivity index (χ0v) is 20.0. The Morgan fingerprint density at radius 2 is 1.00 bits per heavy atom. The lowest BCUT2D eigenvalue weighted by Crippen LogP contribution is -2.37. The summed E-state index contributed by atoms with van der Waals surface area (Å²) in [5.74, 6) is 0. The van der Waals surface area contributed by atoms with Crippen LogP contribution in [-0.2, 0) is 9.09 Å². The van der Waals surface area contributed by atoms with Gasteiger partial charge in [-0.05, 0) is 17.4 Å². The molecule has 0 fully saturated rings. The summed E-state index contributed by atoms with van der Waals surface area (Å²) in [4.78, 5) is 0. The van der Waals surface area contributed by atoms with Crippen LogP contribution in [-0.4, -0.2) is 44.9 Å². The Kier molecular flexibility index (Phi) is 19.4. The maximum absolute atomic E-state index is 11.8. The van der Waals surface area contributed by atoms with Crippen LogP contribution in [0.4, 0.5) is 0 Å². The third-order valence-electron chi connectivity index (χ3n) is 5.19. The van der Waals surface area contributed by atoms with Gasteiger partial charge in [0.15, 0.2) is 12.8 Å². The minimum Gasteiger partial charge on any atom is -0.329 e. The Balaban J connectivity index is 3.15. The van der Waals surface area contributed by atoms with Gasteiger partial charge >= 0.3 is 8.03 Å². The van der Waals surface area contributed by atoms with Gasteiger partial charge in [0.2, 0.25) is 0 Å². The fourth-order valence-corrected chi connectivity index (χ4v) is 4.17. The number of hydrogen-bond donors (Lipinski definition) is 0. The third-order valence-corrected chi connectivity index (χ3v) is 6.34. The van der Waals surface area contributed by atoms with Crippen molar-refractivity contribution in [1.82, 2.24) is 0 Å². The quantitative estimate of drug-likeness (QED) is 0.111. The molecule has 0 rings (SSSR count). The SMILES string of the molecule is CCCCCCCCCCCCCCCCCC[P+](=O)OCC[N+](C)(C)C. The lowest BCUT2D eigenvalue weighted by Gasteiger charge is -2.21. The number of likely N-dealkylation sites (N-methyl/N-ethyl adjacent to an activating group) is 1. The molecule has 3 nitrogen and oxygen atoms in total. The first kappa shape index (κ1) is 27.0. The van der Waals surface area contributed by atoms with Crippen LogP contribution in [0.25, 0.3) is 0 Å². The van der Waals surface area contributed by atoms with Gasteiger partial charge in [0, 0.05) is 0 Å². The Bertz CT molecular complexity index is 329. The molecule has 27 heavy (non-hydrogen) atoms. The molecule has 0 bridgehead atoms. The fraction of sp³-hybridized carbons (Fsp3) is 1.00. The molecule has 0 amide bonds. The van der Waals surface area contributed by atoms with E-state index in [0.29, 0.717) is 6.61 Å².